The van der Waals surface area contributed by atoms with Gasteiger partial charge in [-0.2, -0.15) is 4.72 Å². The summed E-state index contributed by atoms with van der Waals surface area (Å²) in [5.41, 5.74) is 4.01. The zero-order valence-corrected chi connectivity index (χ0v) is 25.3. The van der Waals surface area contributed by atoms with Crippen LogP contribution in [0.5, 0.6) is 0 Å². The van der Waals surface area contributed by atoms with E-state index in [1.54, 1.807) is 51.1 Å². The number of aromatic nitrogens is 1. The number of rotatable bonds is 9. The van der Waals surface area contributed by atoms with E-state index in [0.717, 1.165) is 11.1 Å². The second kappa shape index (κ2) is 11.7. The number of esters is 1. The number of nitrogens with one attached hydrogen (secondary N) is 2. The highest BCUT2D eigenvalue weighted by Crippen LogP contribution is 2.36. The van der Waals surface area contributed by atoms with Crippen LogP contribution in [0.25, 0.3) is 27.9 Å². The Labute approximate surface area is 249 Å². The van der Waals surface area contributed by atoms with Crippen molar-refractivity contribution in [3.05, 3.63) is 95.4 Å². The topological polar surface area (TPSA) is 141 Å². The Kier molecular flexibility index (Phi) is 8.13. The predicted molar refractivity (Wildman–Crippen MR) is 162 cm³/mol. The molecule has 2 aromatic heterocycles. The van der Waals surface area contributed by atoms with Gasteiger partial charge < -0.3 is 19.0 Å². The normalized spacial score (nSPS) is 17.6. The van der Waals surface area contributed by atoms with Gasteiger partial charge in [0.25, 0.3) is 5.91 Å². The first-order valence-corrected chi connectivity index (χ1v) is 15.3. The van der Waals surface area contributed by atoms with Crippen LogP contribution in [-0.4, -0.2) is 43.5 Å². The number of ether oxygens (including phenoxy) is 1. The van der Waals surface area contributed by atoms with E-state index >= 15 is 0 Å². The van der Waals surface area contributed by atoms with Gasteiger partial charge in [0.05, 0.1) is 12.8 Å². The van der Waals surface area contributed by atoms with E-state index in [9.17, 15) is 18.0 Å². The molecule has 1 aliphatic carbocycles. The Morgan fingerprint density at radius 1 is 1.07 bits per heavy atom. The molecule has 10 nitrogen and oxygen atoms in total. The molecule has 4 aromatic rings. The Morgan fingerprint density at radius 3 is 2.42 bits per heavy atom. The third kappa shape index (κ3) is 5.65. The van der Waals surface area contributed by atoms with E-state index in [1.165, 1.54) is 13.2 Å². The molecule has 2 aromatic carbocycles. The smallest absolute Gasteiger partial charge is 0.324 e. The average Bonchev–Trinajstić information content (AvgIpc) is 3.59. The lowest BCUT2D eigenvalue weighted by Gasteiger charge is -2.34. The maximum atomic E-state index is 14.1. The molecule has 0 fully saturated rings. The fourth-order valence-electron chi connectivity index (χ4n) is 5.15. The van der Waals surface area contributed by atoms with Crippen LogP contribution in [0.4, 0.5) is 0 Å². The molecule has 224 valence electrons. The van der Waals surface area contributed by atoms with E-state index in [0.29, 0.717) is 33.6 Å². The van der Waals surface area contributed by atoms with Crippen molar-refractivity contribution >= 4 is 38.4 Å². The average molecular weight is 604 g/mol. The fourth-order valence-corrected chi connectivity index (χ4v) is 6.84. The first-order valence-electron chi connectivity index (χ1n) is 13.8. The van der Waals surface area contributed by atoms with Gasteiger partial charge in [0.1, 0.15) is 11.6 Å². The highest BCUT2D eigenvalue weighted by atomic mass is 32.2. The van der Waals surface area contributed by atoms with Gasteiger partial charge in [-0.25, -0.2) is 8.42 Å². The van der Waals surface area contributed by atoms with Gasteiger partial charge in [-0.1, -0.05) is 73.6 Å². The number of nitrogens with zero attached hydrogens (tertiary/aromatic N) is 1. The molecule has 1 aliphatic rings. The van der Waals surface area contributed by atoms with E-state index in [4.69, 9.17) is 13.7 Å². The minimum atomic E-state index is -4.42. The van der Waals surface area contributed by atoms with Gasteiger partial charge in [-0.05, 0) is 43.0 Å². The molecule has 0 aliphatic heterocycles. The molecular formula is C32H33N3O7S. The summed E-state index contributed by atoms with van der Waals surface area (Å²) in [6.07, 6.45) is 4.72. The molecule has 2 atom stereocenters. The molecule has 43 heavy (non-hydrogen) atoms. The Hall–Kier alpha value is -4.48. The summed E-state index contributed by atoms with van der Waals surface area (Å²) in [5.74, 6) is -1.43. The quantitative estimate of drug-likeness (QED) is 0.246. The second-order valence-corrected chi connectivity index (χ2v) is 12.8. The van der Waals surface area contributed by atoms with Crippen LogP contribution in [0.2, 0.25) is 0 Å². The first kappa shape index (κ1) is 30.0. The largest absolute Gasteiger partial charge is 0.468 e. The minimum absolute atomic E-state index is 0.0483. The lowest BCUT2D eigenvalue weighted by Crippen LogP contribution is -2.60. The Bertz CT molecular complexity index is 1850. The van der Waals surface area contributed by atoms with Crippen LogP contribution in [0.1, 0.15) is 47.6 Å². The number of carbonyl (C=O) groups is 2. The lowest BCUT2D eigenvalue weighted by molar-refractivity contribution is -0.143. The molecule has 2 N–H and O–H groups in total. The molecule has 0 spiro atoms. The van der Waals surface area contributed by atoms with Gasteiger partial charge >= 0.3 is 5.97 Å². The number of methoxy groups -OCH3 is 1. The highest BCUT2D eigenvalue weighted by molar-refractivity contribution is 7.91. The van der Waals surface area contributed by atoms with Crippen molar-refractivity contribution < 1.29 is 31.7 Å². The standard InChI is InChI=1S/C32H33N3O7S/c1-19(2)28(31(37)40-5)35-43(38,39)32(16-14-23(15-17-32)22-10-7-6-8-11-22)33-30(36)29-21(4)27-24(12-9-13-25(27)41-29)26-18-20(3)34-42-26/h6-16,18-19,28,35H,17H2,1-5H3,(H,33,36)/t28-,32?/m0/s1. The monoisotopic (exact) mass is 603 g/mol. The highest BCUT2D eigenvalue weighted by Gasteiger charge is 2.47. The predicted octanol–water partition coefficient (Wildman–Crippen LogP) is 5.29. The summed E-state index contributed by atoms with van der Waals surface area (Å²) >= 11 is 0. The van der Waals surface area contributed by atoms with Gasteiger partial charge in [-0.15, -0.1) is 0 Å². The molecule has 2 heterocycles. The van der Waals surface area contributed by atoms with E-state index in [1.807, 2.05) is 43.3 Å². The fraction of sp³-hybridized carbons (Fsp3) is 0.281. The molecule has 0 saturated carbocycles. The van der Waals surface area contributed by atoms with E-state index < -0.39 is 38.7 Å². The third-order valence-corrected chi connectivity index (χ3v) is 9.45. The third-order valence-electron chi connectivity index (χ3n) is 7.53. The summed E-state index contributed by atoms with van der Waals surface area (Å²) < 4.78 is 47.0. The SMILES string of the molecule is COC(=O)[C@@H](NS(=O)(=O)C1(NC(=O)c2oc3cccc(-c4cc(C)no4)c3c2C)C=CC(c2ccccc2)=CC1)C(C)C. The number of benzene rings is 2. The molecule has 1 amide bonds. The van der Waals surface area contributed by atoms with Crippen LogP contribution >= 0.6 is 0 Å². The van der Waals surface area contributed by atoms with Crippen molar-refractivity contribution in [1.29, 1.82) is 0 Å². The van der Waals surface area contributed by atoms with Gasteiger partial charge in [0.2, 0.25) is 10.0 Å². The summed E-state index contributed by atoms with van der Waals surface area (Å²) in [7, 11) is -3.23. The van der Waals surface area contributed by atoms with E-state index in [2.05, 4.69) is 15.2 Å². The maximum Gasteiger partial charge on any atom is 0.324 e. The maximum absolute atomic E-state index is 14.1. The summed E-state index contributed by atoms with van der Waals surface area (Å²) in [5, 5.41) is 7.34. The van der Waals surface area contributed by atoms with Crippen molar-refractivity contribution in [2.24, 2.45) is 5.92 Å². The first-order chi connectivity index (χ1) is 20.5. The minimum Gasteiger partial charge on any atom is -0.468 e. The summed E-state index contributed by atoms with van der Waals surface area (Å²) in [4.78, 5) is 24.4. The molecule has 0 bridgehead atoms. The Balaban J connectivity index is 1.55. The number of amides is 1. The van der Waals surface area contributed by atoms with Crippen molar-refractivity contribution in [3.63, 3.8) is 0 Å². The second-order valence-electron chi connectivity index (χ2n) is 10.8. The van der Waals surface area contributed by atoms with Crippen molar-refractivity contribution in [3.8, 4) is 11.3 Å². The van der Waals surface area contributed by atoms with Crippen LogP contribution in [0, 0.1) is 19.8 Å². The van der Waals surface area contributed by atoms with Crippen LogP contribution in [-0.2, 0) is 19.6 Å². The summed E-state index contributed by atoms with van der Waals surface area (Å²) in [6, 6.07) is 15.4. The van der Waals surface area contributed by atoms with Gasteiger partial charge in [-0.3, -0.25) is 9.59 Å². The van der Waals surface area contributed by atoms with Crippen LogP contribution < -0.4 is 10.0 Å². The number of fused-ring (bicyclic) bond motifs is 1. The number of furan rings is 1. The van der Waals surface area contributed by atoms with Crippen LogP contribution in [0.3, 0.4) is 0 Å². The van der Waals surface area contributed by atoms with E-state index in [-0.39, 0.29) is 12.2 Å². The number of carbonyl (C=O) groups excluding carboxylic acids is 2. The number of sulfonamides is 1. The van der Waals surface area contributed by atoms with Crippen molar-refractivity contribution in [2.75, 3.05) is 7.11 Å². The molecular weight excluding hydrogens is 570 g/mol. The molecule has 11 heteroatoms. The zero-order valence-electron chi connectivity index (χ0n) is 24.5. The zero-order chi connectivity index (χ0) is 30.9. The summed E-state index contributed by atoms with van der Waals surface area (Å²) in [6.45, 7) is 6.93. The number of hydrogen-bond donors (Lipinski definition) is 2. The molecule has 0 saturated heterocycles. The van der Waals surface area contributed by atoms with Crippen molar-refractivity contribution in [2.45, 2.75) is 45.0 Å². The number of aryl methyl sites for hydroxylation is 2. The number of allylic oxidation sites excluding steroid dienone is 2. The van der Waals surface area contributed by atoms with Crippen LogP contribution in [0.15, 0.2) is 81.8 Å². The van der Waals surface area contributed by atoms with Crippen molar-refractivity contribution in [1.82, 2.24) is 15.2 Å². The number of hydrogen-bond acceptors (Lipinski definition) is 8. The van der Waals surface area contributed by atoms with Gasteiger partial charge in [0.15, 0.2) is 16.4 Å². The molecule has 5 rings (SSSR count). The Morgan fingerprint density at radius 2 is 1.81 bits per heavy atom. The molecule has 0 radical (unpaired) electrons. The molecule has 1 unspecified atom stereocenters. The van der Waals surface area contributed by atoms with Gasteiger partial charge in [0, 0.05) is 29.0 Å². The lowest BCUT2D eigenvalue weighted by atomic mass is 9.96.